The first-order chi connectivity index (χ1) is 17.8. The molecule has 0 saturated carbocycles. The Morgan fingerprint density at radius 1 is 1.19 bits per heavy atom. The zero-order valence-corrected chi connectivity index (χ0v) is 22.2. The van der Waals surface area contributed by atoms with Crippen molar-refractivity contribution in [3.8, 4) is 23.3 Å². The molecule has 1 N–H and O–H groups in total. The van der Waals surface area contributed by atoms with Gasteiger partial charge in [0, 0.05) is 11.5 Å². The Kier molecular flexibility index (Phi) is 9.81. The topological polar surface area (TPSA) is 106 Å². The molecule has 3 aromatic rings. The number of anilines is 1. The third-order valence-electron chi connectivity index (χ3n) is 5.19. The van der Waals surface area contributed by atoms with Crippen molar-refractivity contribution in [1.29, 1.82) is 5.26 Å². The highest BCUT2D eigenvalue weighted by Crippen LogP contribution is 2.34. The van der Waals surface area contributed by atoms with Gasteiger partial charge in [-0.3, -0.25) is 10.1 Å². The molecular formula is C28H30N4O4S. The molecule has 1 aromatic heterocycles. The number of carbonyl (C=O) groups is 1. The number of nitriles is 1. The Labute approximate surface area is 221 Å². The summed E-state index contributed by atoms with van der Waals surface area (Å²) in [6, 6.07) is 13.3. The molecule has 0 unspecified atom stereocenters. The number of aryl methyl sites for hydroxylation is 1. The fourth-order valence-corrected chi connectivity index (χ4v) is 4.07. The average molecular weight is 519 g/mol. The van der Waals surface area contributed by atoms with Crippen LogP contribution in [0.15, 0.2) is 54.6 Å². The first-order valence-corrected chi connectivity index (χ1v) is 12.6. The maximum atomic E-state index is 12.7. The minimum Gasteiger partial charge on any atom is -0.493 e. The molecule has 0 aliphatic carbocycles. The predicted molar refractivity (Wildman–Crippen MR) is 145 cm³/mol. The summed E-state index contributed by atoms with van der Waals surface area (Å²) in [6.07, 6.45) is 3.75. The van der Waals surface area contributed by atoms with E-state index in [0.29, 0.717) is 41.8 Å². The number of amides is 1. The first-order valence-electron chi connectivity index (χ1n) is 11.7. The minimum atomic E-state index is -0.563. The van der Waals surface area contributed by atoms with Gasteiger partial charge in [0.2, 0.25) is 5.13 Å². The van der Waals surface area contributed by atoms with Crippen LogP contribution in [0, 0.1) is 18.3 Å². The number of ether oxygens (including phenoxy) is 3. The fraction of sp³-hybridized carbons (Fsp3) is 0.286. The highest BCUT2D eigenvalue weighted by Gasteiger charge is 2.16. The van der Waals surface area contributed by atoms with Crippen LogP contribution in [0.4, 0.5) is 5.13 Å². The van der Waals surface area contributed by atoms with Crippen LogP contribution in [0.3, 0.4) is 0 Å². The Morgan fingerprint density at radius 2 is 1.92 bits per heavy atom. The molecule has 0 spiro atoms. The highest BCUT2D eigenvalue weighted by molar-refractivity contribution is 7.15. The van der Waals surface area contributed by atoms with Crippen molar-refractivity contribution in [2.45, 2.75) is 33.1 Å². The van der Waals surface area contributed by atoms with Crippen LogP contribution in [-0.4, -0.2) is 36.4 Å². The summed E-state index contributed by atoms with van der Waals surface area (Å²) in [5.41, 5.74) is 2.50. The number of benzene rings is 2. The van der Waals surface area contributed by atoms with Crippen molar-refractivity contribution in [3.63, 3.8) is 0 Å². The van der Waals surface area contributed by atoms with Crippen molar-refractivity contribution in [3.05, 3.63) is 76.3 Å². The molecule has 9 heteroatoms. The lowest BCUT2D eigenvalue weighted by atomic mass is 10.0. The summed E-state index contributed by atoms with van der Waals surface area (Å²) in [5.74, 6) is 1.44. The van der Waals surface area contributed by atoms with E-state index in [4.69, 9.17) is 14.2 Å². The summed E-state index contributed by atoms with van der Waals surface area (Å²) < 4.78 is 17.3. The Hall–Kier alpha value is -4.16. The van der Waals surface area contributed by atoms with Gasteiger partial charge in [0.15, 0.2) is 11.5 Å². The number of methoxy groups -OCH3 is 1. The number of rotatable bonds is 12. The summed E-state index contributed by atoms with van der Waals surface area (Å²) in [6.45, 7) is 10.5. The summed E-state index contributed by atoms with van der Waals surface area (Å²) in [4.78, 5) is 12.7. The number of nitrogens with one attached hydrogen (secondary N) is 1. The van der Waals surface area contributed by atoms with Crippen molar-refractivity contribution < 1.29 is 19.0 Å². The number of nitrogens with zero attached hydrogens (tertiary/aromatic N) is 3. The van der Waals surface area contributed by atoms with Crippen LogP contribution in [0.2, 0.25) is 0 Å². The molecule has 0 aliphatic heterocycles. The van der Waals surface area contributed by atoms with Crippen LogP contribution in [-0.2, 0) is 11.2 Å². The van der Waals surface area contributed by atoms with E-state index >= 15 is 0 Å². The lowest BCUT2D eigenvalue weighted by Crippen LogP contribution is -2.13. The molecule has 0 bridgehead atoms. The van der Waals surface area contributed by atoms with Gasteiger partial charge in [-0.2, -0.15) is 5.26 Å². The van der Waals surface area contributed by atoms with Crippen molar-refractivity contribution in [2.24, 2.45) is 0 Å². The first kappa shape index (κ1) is 27.4. The van der Waals surface area contributed by atoms with Gasteiger partial charge in [-0.1, -0.05) is 49.0 Å². The maximum absolute atomic E-state index is 12.7. The van der Waals surface area contributed by atoms with Gasteiger partial charge in [0.25, 0.3) is 5.91 Å². The smallest absolute Gasteiger partial charge is 0.268 e. The second-order valence-electron chi connectivity index (χ2n) is 8.44. The van der Waals surface area contributed by atoms with E-state index in [1.165, 1.54) is 24.5 Å². The number of allylic oxidation sites excluding steroid dienone is 1. The van der Waals surface area contributed by atoms with E-state index in [-0.39, 0.29) is 11.5 Å². The molecule has 3 rings (SSSR count). The number of carbonyl (C=O) groups excluding carboxylic acids is 1. The van der Waals surface area contributed by atoms with E-state index in [9.17, 15) is 10.1 Å². The van der Waals surface area contributed by atoms with Crippen LogP contribution in [0.5, 0.6) is 17.2 Å². The van der Waals surface area contributed by atoms with Gasteiger partial charge in [0.1, 0.15) is 35.6 Å². The maximum Gasteiger partial charge on any atom is 0.268 e. The molecule has 0 radical (unpaired) electrons. The van der Waals surface area contributed by atoms with Crippen molar-refractivity contribution in [1.82, 2.24) is 10.2 Å². The molecule has 0 atom stereocenters. The standard InChI is InChI=1S/C28H30N4O4S/c1-6-7-21-14-20(15-22(17-29)26(33)30-28-32-31-27(37-28)18(2)3)16-24(34-5)25(21)36-13-12-35-23-10-8-19(4)9-11-23/h6,8-11,14-16,18H,1,7,12-13H2,2-5H3,(H,30,32,33)/b22-15-. The van der Waals surface area contributed by atoms with Crippen molar-refractivity contribution >= 4 is 28.5 Å². The monoisotopic (exact) mass is 518 g/mol. The SMILES string of the molecule is C=CCc1cc(/C=C(/C#N)C(=O)Nc2nnc(C(C)C)s2)cc(OC)c1OCCOc1ccc(C)cc1. The summed E-state index contributed by atoms with van der Waals surface area (Å²) >= 11 is 1.28. The molecule has 37 heavy (non-hydrogen) atoms. The molecule has 0 saturated heterocycles. The number of hydrogen-bond acceptors (Lipinski definition) is 8. The van der Waals surface area contributed by atoms with Crippen LogP contribution >= 0.6 is 11.3 Å². The average Bonchev–Trinajstić information content (AvgIpc) is 3.35. The van der Waals surface area contributed by atoms with Gasteiger partial charge >= 0.3 is 0 Å². The Bertz CT molecular complexity index is 1310. The summed E-state index contributed by atoms with van der Waals surface area (Å²) in [5, 5.41) is 21.5. The summed E-state index contributed by atoms with van der Waals surface area (Å²) in [7, 11) is 1.54. The van der Waals surface area contributed by atoms with E-state index in [2.05, 4.69) is 22.1 Å². The minimum absolute atomic E-state index is 0.0759. The highest BCUT2D eigenvalue weighted by atomic mass is 32.1. The fourth-order valence-electron chi connectivity index (χ4n) is 3.33. The van der Waals surface area contributed by atoms with Gasteiger partial charge < -0.3 is 14.2 Å². The molecular weight excluding hydrogens is 488 g/mol. The molecule has 8 nitrogen and oxygen atoms in total. The third kappa shape index (κ3) is 7.66. The van der Waals surface area contributed by atoms with Gasteiger partial charge in [-0.15, -0.1) is 16.8 Å². The van der Waals surface area contributed by atoms with E-state index in [0.717, 1.165) is 21.9 Å². The quantitative estimate of drug-likeness (QED) is 0.142. The van der Waals surface area contributed by atoms with Crippen LogP contribution in [0.1, 0.15) is 41.5 Å². The molecule has 2 aromatic carbocycles. The normalized spacial score (nSPS) is 11.1. The number of hydrogen-bond donors (Lipinski definition) is 1. The molecule has 0 fully saturated rings. The van der Waals surface area contributed by atoms with Gasteiger partial charge in [-0.25, -0.2) is 0 Å². The van der Waals surface area contributed by atoms with Crippen molar-refractivity contribution in [2.75, 3.05) is 25.6 Å². The van der Waals surface area contributed by atoms with E-state index < -0.39 is 5.91 Å². The van der Waals surface area contributed by atoms with Gasteiger partial charge in [-0.05, 0) is 49.2 Å². The van der Waals surface area contributed by atoms with E-state index in [1.807, 2.05) is 57.2 Å². The molecule has 192 valence electrons. The van der Waals surface area contributed by atoms with Crippen LogP contribution < -0.4 is 19.5 Å². The van der Waals surface area contributed by atoms with Crippen LogP contribution in [0.25, 0.3) is 6.08 Å². The second-order valence-corrected chi connectivity index (χ2v) is 9.45. The lowest BCUT2D eigenvalue weighted by Gasteiger charge is -2.16. The van der Waals surface area contributed by atoms with E-state index in [1.54, 1.807) is 12.1 Å². The predicted octanol–water partition coefficient (Wildman–Crippen LogP) is 5.71. The Morgan fingerprint density at radius 3 is 2.54 bits per heavy atom. The Balaban J connectivity index is 1.76. The molecule has 1 amide bonds. The largest absolute Gasteiger partial charge is 0.493 e. The third-order valence-corrected chi connectivity index (χ3v) is 6.33. The van der Waals surface area contributed by atoms with Gasteiger partial charge in [0.05, 0.1) is 7.11 Å². The second kappa shape index (κ2) is 13.2. The molecule has 0 aliphatic rings. The zero-order chi connectivity index (χ0) is 26.8. The zero-order valence-electron chi connectivity index (χ0n) is 21.4. The molecule has 1 heterocycles. The lowest BCUT2D eigenvalue weighted by molar-refractivity contribution is -0.112. The number of aromatic nitrogens is 2.